The lowest BCUT2D eigenvalue weighted by Gasteiger charge is -2.09. The fourth-order valence-corrected chi connectivity index (χ4v) is 2.53. The summed E-state index contributed by atoms with van der Waals surface area (Å²) in [5, 5.41) is 0.488. The van der Waals surface area contributed by atoms with Crippen molar-refractivity contribution in [1.82, 2.24) is 9.97 Å². The Morgan fingerprint density at radius 1 is 0.857 bits per heavy atom. The van der Waals surface area contributed by atoms with Crippen molar-refractivity contribution in [3.05, 3.63) is 69.8 Å². The van der Waals surface area contributed by atoms with E-state index < -0.39 is 0 Å². The molecule has 21 heavy (non-hydrogen) atoms. The zero-order valence-corrected chi connectivity index (χ0v) is 13.7. The van der Waals surface area contributed by atoms with Crippen molar-refractivity contribution >= 4 is 27.5 Å². The van der Waals surface area contributed by atoms with E-state index in [0.29, 0.717) is 11.0 Å². The smallest absolute Gasteiger partial charge is 0.161 e. The van der Waals surface area contributed by atoms with E-state index in [4.69, 9.17) is 16.6 Å². The molecule has 104 valence electrons. The van der Waals surface area contributed by atoms with Crippen LogP contribution in [0.15, 0.2) is 59.1 Å². The largest absolute Gasteiger partial charge is 0.228 e. The first-order valence-corrected chi connectivity index (χ1v) is 7.68. The molecule has 0 aliphatic rings. The van der Waals surface area contributed by atoms with Crippen LogP contribution in [0, 0.1) is 6.92 Å². The standard InChI is InChI=1S/C17H12BrClN2/c1-11-15(12-5-3-2-4-6-12)20-17(21-16(11)19)13-7-9-14(18)10-8-13/h2-10H,1H3. The van der Waals surface area contributed by atoms with E-state index in [-0.39, 0.29) is 0 Å². The minimum absolute atomic E-state index is 0.488. The quantitative estimate of drug-likeness (QED) is 0.562. The van der Waals surface area contributed by atoms with E-state index in [1.54, 1.807) is 0 Å². The predicted molar refractivity (Wildman–Crippen MR) is 90.4 cm³/mol. The average molecular weight is 360 g/mol. The minimum atomic E-state index is 0.488. The highest BCUT2D eigenvalue weighted by Crippen LogP contribution is 2.29. The molecule has 0 spiro atoms. The Labute approximate surface area is 137 Å². The highest BCUT2D eigenvalue weighted by atomic mass is 79.9. The number of rotatable bonds is 2. The molecule has 3 rings (SSSR count). The molecule has 0 saturated carbocycles. The Kier molecular flexibility index (Phi) is 4.04. The molecule has 0 radical (unpaired) electrons. The third kappa shape index (κ3) is 2.99. The van der Waals surface area contributed by atoms with Gasteiger partial charge in [-0.25, -0.2) is 9.97 Å². The second-order valence-electron chi connectivity index (χ2n) is 4.68. The van der Waals surface area contributed by atoms with Crippen LogP contribution in [0.5, 0.6) is 0 Å². The maximum atomic E-state index is 6.29. The maximum Gasteiger partial charge on any atom is 0.161 e. The van der Waals surface area contributed by atoms with Gasteiger partial charge in [-0.05, 0) is 19.1 Å². The zero-order valence-electron chi connectivity index (χ0n) is 11.3. The number of nitrogens with zero attached hydrogens (tertiary/aromatic N) is 2. The summed E-state index contributed by atoms with van der Waals surface area (Å²) in [7, 11) is 0. The molecule has 3 aromatic rings. The van der Waals surface area contributed by atoms with E-state index in [2.05, 4.69) is 20.9 Å². The van der Waals surface area contributed by atoms with Crippen molar-refractivity contribution in [2.45, 2.75) is 6.92 Å². The first-order chi connectivity index (χ1) is 10.1. The highest BCUT2D eigenvalue weighted by Gasteiger charge is 2.12. The Bertz CT molecular complexity index is 771. The SMILES string of the molecule is Cc1c(Cl)nc(-c2ccc(Br)cc2)nc1-c1ccccc1. The Morgan fingerprint density at radius 2 is 1.52 bits per heavy atom. The lowest BCUT2D eigenvalue weighted by molar-refractivity contribution is 1.14. The van der Waals surface area contributed by atoms with Gasteiger partial charge in [-0.3, -0.25) is 0 Å². The van der Waals surface area contributed by atoms with Crippen LogP contribution in [0.3, 0.4) is 0 Å². The van der Waals surface area contributed by atoms with Gasteiger partial charge in [0.15, 0.2) is 5.82 Å². The highest BCUT2D eigenvalue weighted by molar-refractivity contribution is 9.10. The third-order valence-electron chi connectivity index (χ3n) is 3.24. The topological polar surface area (TPSA) is 25.8 Å². The molecule has 0 unspecified atom stereocenters. The molecule has 0 saturated heterocycles. The Morgan fingerprint density at radius 3 is 2.19 bits per heavy atom. The first-order valence-electron chi connectivity index (χ1n) is 6.50. The third-order valence-corrected chi connectivity index (χ3v) is 4.13. The van der Waals surface area contributed by atoms with Crippen molar-refractivity contribution < 1.29 is 0 Å². The van der Waals surface area contributed by atoms with E-state index >= 15 is 0 Å². The zero-order chi connectivity index (χ0) is 14.8. The number of aromatic nitrogens is 2. The van der Waals surface area contributed by atoms with Gasteiger partial charge in [0.25, 0.3) is 0 Å². The van der Waals surface area contributed by atoms with Crippen LogP contribution in [-0.2, 0) is 0 Å². The monoisotopic (exact) mass is 358 g/mol. The van der Waals surface area contributed by atoms with Gasteiger partial charge in [0.05, 0.1) is 5.69 Å². The molecular formula is C17H12BrClN2. The summed E-state index contributed by atoms with van der Waals surface area (Å²) in [5.74, 6) is 0.636. The Balaban J connectivity index is 2.16. The van der Waals surface area contributed by atoms with Gasteiger partial charge in [-0.15, -0.1) is 0 Å². The van der Waals surface area contributed by atoms with E-state index in [1.165, 1.54) is 0 Å². The predicted octanol–water partition coefficient (Wildman–Crippen LogP) is 5.53. The number of hydrogen-bond donors (Lipinski definition) is 0. The van der Waals surface area contributed by atoms with Crippen molar-refractivity contribution in [2.75, 3.05) is 0 Å². The van der Waals surface area contributed by atoms with Crippen molar-refractivity contribution in [3.63, 3.8) is 0 Å². The lowest BCUT2D eigenvalue weighted by atomic mass is 10.1. The lowest BCUT2D eigenvalue weighted by Crippen LogP contribution is -1.97. The van der Waals surface area contributed by atoms with E-state index in [0.717, 1.165) is 26.9 Å². The summed E-state index contributed by atoms with van der Waals surface area (Å²) >= 11 is 9.72. The molecule has 0 fully saturated rings. The summed E-state index contributed by atoms with van der Waals surface area (Å²) in [4.78, 5) is 9.09. The van der Waals surface area contributed by atoms with E-state index in [9.17, 15) is 0 Å². The van der Waals surface area contributed by atoms with Gasteiger partial charge in [0.1, 0.15) is 5.15 Å². The maximum absolute atomic E-state index is 6.29. The molecular weight excluding hydrogens is 348 g/mol. The molecule has 0 N–H and O–H groups in total. The molecule has 0 aliphatic carbocycles. The minimum Gasteiger partial charge on any atom is -0.228 e. The van der Waals surface area contributed by atoms with Gasteiger partial charge < -0.3 is 0 Å². The van der Waals surface area contributed by atoms with Crippen molar-refractivity contribution in [2.24, 2.45) is 0 Å². The van der Waals surface area contributed by atoms with Gasteiger partial charge in [0, 0.05) is 21.2 Å². The van der Waals surface area contributed by atoms with Crippen molar-refractivity contribution in [1.29, 1.82) is 0 Å². The molecule has 0 amide bonds. The van der Waals surface area contributed by atoms with Crippen LogP contribution in [-0.4, -0.2) is 9.97 Å². The second-order valence-corrected chi connectivity index (χ2v) is 5.96. The summed E-state index contributed by atoms with van der Waals surface area (Å²) in [6.45, 7) is 1.94. The first kappa shape index (κ1) is 14.2. The summed E-state index contributed by atoms with van der Waals surface area (Å²) < 4.78 is 1.02. The van der Waals surface area contributed by atoms with Gasteiger partial charge in [0.2, 0.25) is 0 Å². The summed E-state index contributed by atoms with van der Waals surface area (Å²) in [6.07, 6.45) is 0. The Hall–Kier alpha value is -1.71. The molecule has 2 nitrogen and oxygen atoms in total. The molecule has 0 aliphatic heterocycles. The average Bonchev–Trinajstić information content (AvgIpc) is 2.51. The fraction of sp³-hybridized carbons (Fsp3) is 0.0588. The van der Waals surface area contributed by atoms with Crippen LogP contribution in [0.4, 0.5) is 0 Å². The summed E-state index contributed by atoms with van der Waals surface area (Å²) in [5.41, 5.74) is 3.74. The molecule has 1 heterocycles. The van der Waals surface area contributed by atoms with Crippen molar-refractivity contribution in [3.8, 4) is 22.6 Å². The number of halogens is 2. The fourth-order valence-electron chi connectivity index (χ4n) is 2.09. The van der Waals surface area contributed by atoms with E-state index in [1.807, 2.05) is 61.5 Å². The molecule has 4 heteroatoms. The number of hydrogen-bond acceptors (Lipinski definition) is 2. The molecule has 2 aromatic carbocycles. The van der Waals surface area contributed by atoms with Gasteiger partial charge in [-0.1, -0.05) is 70.0 Å². The van der Waals surface area contributed by atoms with Crippen LogP contribution < -0.4 is 0 Å². The van der Waals surface area contributed by atoms with Gasteiger partial charge >= 0.3 is 0 Å². The normalized spacial score (nSPS) is 10.6. The van der Waals surface area contributed by atoms with Crippen LogP contribution >= 0.6 is 27.5 Å². The van der Waals surface area contributed by atoms with Crippen LogP contribution in [0.1, 0.15) is 5.56 Å². The van der Waals surface area contributed by atoms with Crippen LogP contribution in [0.2, 0.25) is 5.15 Å². The number of benzene rings is 2. The molecule has 0 bridgehead atoms. The summed E-state index contributed by atoms with van der Waals surface area (Å²) in [6, 6.07) is 17.9. The second kappa shape index (κ2) is 5.96. The van der Waals surface area contributed by atoms with Crippen LogP contribution in [0.25, 0.3) is 22.6 Å². The molecule has 1 aromatic heterocycles. The molecule has 0 atom stereocenters. The van der Waals surface area contributed by atoms with Gasteiger partial charge in [-0.2, -0.15) is 0 Å².